The Kier molecular flexibility index (Phi) is 6.23. The minimum Gasteiger partial charge on any atom is -0.455 e. The fourth-order valence-electron chi connectivity index (χ4n) is 6.52. The number of para-hydroxylation sites is 1. The van der Waals surface area contributed by atoms with Crippen molar-refractivity contribution in [3.8, 4) is 0 Å². The summed E-state index contributed by atoms with van der Waals surface area (Å²) in [6.45, 7) is 15.3. The number of furan rings is 1. The van der Waals surface area contributed by atoms with Gasteiger partial charge in [-0.05, 0) is 63.5 Å². The molecule has 0 N–H and O–H groups in total. The standard InChI is InChI=1S/C35H35N2O/c1-6-12-32-34-24(18-20-29-28-15-10-11-16-33(28)38-35(29)34)17-19-27-25-13-8-9-14-26(25)30(7-2)36-31(27)21-23(5)37(32)22(3)4/h6-16,18,20,22,27,31H,2,5,17,19,21H2,1,3-4H3/q+1/b12-6+,37-32?. The van der Waals surface area contributed by atoms with Gasteiger partial charge in [0.15, 0.2) is 11.7 Å². The number of fused-ring (bicyclic) bond motifs is 8. The average molecular weight is 500 g/mol. The first-order valence-electron chi connectivity index (χ1n) is 13.7. The molecule has 2 unspecified atom stereocenters. The fourth-order valence-corrected chi connectivity index (χ4v) is 6.52. The van der Waals surface area contributed by atoms with Crippen LogP contribution in [0.25, 0.3) is 21.9 Å². The van der Waals surface area contributed by atoms with Gasteiger partial charge in [0.25, 0.3) is 0 Å². The van der Waals surface area contributed by atoms with Crippen molar-refractivity contribution in [2.75, 3.05) is 0 Å². The molecule has 38 heavy (non-hydrogen) atoms. The van der Waals surface area contributed by atoms with Gasteiger partial charge in [-0.1, -0.05) is 67.3 Å². The molecule has 3 aromatic carbocycles. The van der Waals surface area contributed by atoms with Crippen LogP contribution in [0.15, 0.2) is 107 Å². The Morgan fingerprint density at radius 2 is 1.82 bits per heavy atom. The highest BCUT2D eigenvalue weighted by atomic mass is 16.3. The van der Waals surface area contributed by atoms with Gasteiger partial charge in [0, 0.05) is 28.3 Å². The Morgan fingerprint density at radius 3 is 2.61 bits per heavy atom. The molecule has 3 heteroatoms. The third kappa shape index (κ3) is 3.89. The maximum atomic E-state index is 6.61. The summed E-state index contributed by atoms with van der Waals surface area (Å²) in [6.07, 6.45) is 9.00. The van der Waals surface area contributed by atoms with E-state index in [2.05, 4.69) is 105 Å². The molecule has 6 rings (SSSR count). The fraction of sp³-hybridized carbons (Fsp3) is 0.257. The molecular weight excluding hydrogens is 464 g/mol. The third-order valence-corrected chi connectivity index (χ3v) is 8.10. The van der Waals surface area contributed by atoms with Crippen molar-refractivity contribution in [2.45, 2.75) is 58.0 Å². The van der Waals surface area contributed by atoms with Crippen LogP contribution in [-0.2, 0) is 6.42 Å². The Balaban J connectivity index is 1.64. The number of hydrogen-bond acceptors (Lipinski definition) is 2. The molecule has 0 radical (unpaired) electrons. The summed E-state index contributed by atoms with van der Waals surface area (Å²) >= 11 is 0. The molecule has 0 bridgehead atoms. The molecule has 0 fully saturated rings. The van der Waals surface area contributed by atoms with Crippen molar-refractivity contribution in [3.05, 3.63) is 120 Å². The van der Waals surface area contributed by atoms with E-state index in [-0.39, 0.29) is 12.1 Å². The van der Waals surface area contributed by atoms with E-state index in [0.29, 0.717) is 5.92 Å². The van der Waals surface area contributed by atoms with Crippen LogP contribution in [0, 0.1) is 0 Å². The Morgan fingerprint density at radius 1 is 1.03 bits per heavy atom. The van der Waals surface area contributed by atoms with Gasteiger partial charge in [-0.25, -0.2) is 0 Å². The number of rotatable bonds is 3. The van der Waals surface area contributed by atoms with Gasteiger partial charge in [-0.3, -0.25) is 4.99 Å². The molecule has 0 aliphatic carbocycles. The van der Waals surface area contributed by atoms with E-state index < -0.39 is 0 Å². The molecule has 2 atom stereocenters. The SMILES string of the molecule is C=CC1=NC2CC(=C)[N+](C(C)C)=C(/C=C/C)c3c(ccc4c3oc3ccccc34)CCC2c2ccccc21. The van der Waals surface area contributed by atoms with Crippen LogP contribution in [0.2, 0.25) is 0 Å². The quantitative estimate of drug-likeness (QED) is 0.260. The lowest BCUT2D eigenvalue weighted by atomic mass is 9.78. The van der Waals surface area contributed by atoms with Crippen LogP contribution in [0.5, 0.6) is 0 Å². The predicted octanol–water partition coefficient (Wildman–Crippen LogP) is 8.36. The lowest BCUT2D eigenvalue weighted by molar-refractivity contribution is -0.511. The van der Waals surface area contributed by atoms with Crippen molar-refractivity contribution in [1.29, 1.82) is 0 Å². The third-order valence-electron chi connectivity index (χ3n) is 8.10. The average Bonchev–Trinajstić information content (AvgIpc) is 3.30. The molecule has 190 valence electrons. The van der Waals surface area contributed by atoms with Gasteiger partial charge in [0.1, 0.15) is 11.2 Å². The largest absolute Gasteiger partial charge is 0.455 e. The number of aryl methyl sites for hydroxylation is 1. The minimum atomic E-state index is 0.120. The van der Waals surface area contributed by atoms with E-state index in [4.69, 9.17) is 9.41 Å². The Labute approximate surface area is 225 Å². The van der Waals surface area contributed by atoms with Crippen LogP contribution in [0.1, 0.15) is 61.8 Å². The van der Waals surface area contributed by atoms with Gasteiger partial charge in [0.2, 0.25) is 5.71 Å². The van der Waals surface area contributed by atoms with E-state index in [1.807, 2.05) is 12.1 Å². The van der Waals surface area contributed by atoms with E-state index in [9.17, 15) is 0 Å². The second kappa shape index (κ2) is 9.72. The van der Waals surface area contributed by atoms with Crippen molar-refractivity contribution >= 4 is 33.4 Å². The van der Waals surface area contributed by atoms with Crippen LogP contribution in [0.4, 0.5) is 0 Å². The van der Waals surface area contributed by atoms with Crippen LogP contribution < -0.4 is 0 Å². The van der Waals surface area contributed by atoms with Crippen molar-refractivity contribution in [3.63, 3.8) is 0 Å². The molecule has 0 saturated carbocycles. The first-order chi connectivity index (χ1) is 18.5. The first kappa shape index (κ1) is 24.4. The van der Waals surface area contributed by atoms with Gasteiger partial charge in [-0.15, -0.1) is 0 Å². The Bertz CT molecular complexity index is 1680. The second-order valence-electron chi connectivity index (χ2n) is 10.7. The Hall–Kier alpha value is -3.98. The zero-order valence-corrected chi connectivity index (χ0v) is 22.6. The summed E-state index contributed by atoms with van der Waals surface area (Å²) in [5, 5.41) is 2.32. The van der Waals surface area contributed by atoms with Gasteiger partial charge >= 0.3 is 0 Å². The number of allylic oxidation sites excluding steroid dienone is 3. The second-order valence-corrected chi connectivity index (χ2v) is 10.7. The zero-order chi connectivity index (χ0) is 26.4. The predicted molar refractivity (Wildman–Crippen MR) is 160 cm³/mol. The number of hydrogen-bond donors (Lipinski definition) is 0. The van der Waals surface area contributed by atoms with Crippen LogP contribution in [-0.4, -0.2) is 28.1 Å². The summed E-state index contributed by atoms with van der Waals surface area (Å²) in [5.41, 5.74) is 10.2. The van der Waals surface area contributed by atoms with Crippen LogP contribution >= 0.6 is 0 Å². The first-order valence-corrected chi connectivity index (χ1v) is 13.7. The molecule has 4 aromatic rings. The molecule has 2 aliphatic heterocycles. The van der Waals surface area contributed by atoms with Gasteiger partial charge in [0.05, 0.1) is 23.7 Å². The lowest BCUT2D eigenvalue weighted by Gasteiger charge is -2.32. The monoisotopic (exact) mass is 499 g/mol. The van der Waals surface area contributed by atoms with E-state index in [1.54, 1.807) is 0 Å². The van der Waals surface area contributed by atoms with E-state index in [0.717, 1.165) is 58.3 Å². The molecule has 3 nitrogen and oxygen atoms in total. The number of aliphatic imine (C=N–C) groups is 1. The van der Waals surface area contributed by atoms with Crippen molar-refractivity contribution in [1.82, 2.24) is 0 Å². The highest BCUT2D eigenvalue weighted by Crippen LogP contribution is 2.40. The van der Waals surface area contributed by atoms with Crippen LogP contribution in [0.3, 0.4) is 0 Å². The zero-order valence-electron chi connectivity index (χ0n) is 22.6. The molecular formula is C35H35N2O+. The molecule has 0 amide bonds. The molecule has 0 saturated heterocycles. The maximum Gasteiger partial charge on any atom is 0.216 e. The highest BCUT2D eigenvalue weighted by Gasteiger charge is 2.36. The number of nitrogens with zero attached hydrogens (tertiary/aromatic N) is 2. The normalized spacial score (nSPS) is 20.0. The molecule has 3 heterocycles. The molecule has 2 aliphatic rings. The summed E-state index contributed by atoms with van der Waals surface area (Å²) < 4.78 is 9.01. The summed E-state index contributed by atoms with van der Waals surface area (Å²) in [4.78, 5) is 5.25. The topological polar surface area (TPSA) is 28.5 Å². The summed E-state index contributed by atoms with van der Waals surface area (Å²) in [7, 11) is 0. The summed E-state index contributed by atoms with van der Waals surface area (Å²) in [6, 6.07) is 22.0. The smallest absolute Gasteiger partial charge is 0.216 e. The van der Waals surface area contributed by atoms with Crippen molar-refractivity contribution < 1.29 is 8.99 Å². The lowest BCUT2D eigenvalue weighted by Crippen LogP contribution is -2.33. The maximum absolute atomic E-state index is 6.61. The molecule has 1 aromatic heterocycles. The van der Waals surface area contributed by atoms with Crippen molar-refractivity contribution in [2.24, 2.45) is 4.99 Å². The van der Waals surface area contributed by atoms with E-state index >= 15 is 0 Å². The highest BCUT2D eigenvalue weighted by molar-refractivity contribution is 6.18. The van der Waals surface area contributed by atoms with Gasteiger partial charge in [-0.2, -0.15) is 4.58 Å². The van der Waals surface area contributed by atoms with E-state index in [1.165, 1.54) is 22.3 Å². The molecule has 0 spiro atoms. The summed E-state index contributed by atoms with van der Waals surface area (Å²) in [5.74, 6) is 0.308. The number of benzene rings is 3. The minimum absolute atomic E-state index is 0.120. The van der Waals surface area contributed by atoms with Gasteiger partial charge < -0.3 is 4.42 Å².